The average Bonchev–Trinajstić information content (AvgIpc) is 2.53. The summed E-state index contributed by atoms with van der Waals surface area (Å²) in [5, 5.41) is 3.29. The largest absolute Gasteiger partial charge is 0.416 e. The van der Waals surface area contributed by atoms with Crippen LogP contribution >= 0.6 is 12.4 Å². The van der Waals surface area contributed by atoms with E-state index in [-0.39, 0.29) is 24.4 Å². The second kappa shape index (κ2) is 6.93. The number of rotatable bonds is 2. The molecule has 0 spiro atoms. The van der Waals surface area contributed by atoms with Gasteiger partial charge in [-0.15, -0.1) is 12.4 Å². The zero-order valence-corrected chi connectivity index (χ0v) is 13.5. The fourth-order valence-electron chi connectivity index (χ4n) is 3.37. The van der Waals surface area contributed by atoms with Crippen LogP contribution in [0.2, 0.25) is 0 Å². The van der Waals surface area contributed by atoms with Gasteiger partial charge in [-0.25, -0.2) is 0 Å². The minimum absolute atomic E-state index is 0. The molecular formula is C18H19ClF3N. The molecule has 3 rings (SSSR count). The van der Waals surface area contributed by atoms with E-state index in [2.05, 4.69) is 11.4 Å². The Balaban J connectivity index is 0.00000192. The zero-order valence-electron chi connectivity index (χ0n) is 12.7. The van der Waals surface area contributed by atoms with E-state index in [0.29, 0.717) is 0 Å². The molecule has 1 aliphatic carbocycles. The fraction of sp³-hybridized carbons (Fsp3) is 0.333. The van der Waals surface area contributed by atoms with Crippen LogP contribution in [0.3, 0.4) is 0 Å². The lowest BCUT2D eigenvalue weighted by atomic mass is 9.76. The van der Waals surface area contributed by atoms with Crippen LogP contribution in [0, 0.1) is 0 Å². The van der Waals surface area contributed by atoms with Gasteiger partial charge < -0.3 is 5.32 Å². The van der Waals surface area contributed by atoms with E-state index < -0.39 is 11.7 Å². The highest BCUT2D eigenvalue weighted by molar-refractivity contribution is 5.85. The Morgan fingerprint density at radius 3 is 2.30 bits per heavy atom. The molecule has 1 N–H and O–H groups in total. The molecule has 1 aliphatic rings. The molecule has 0 saturated heterocycles. The van der Waals surface area contributed by atoms with Crippen molar-refractivity contribution in [2.75, 3.05) is 7.05 Å². The van der Waals surface area contributed by atoms with Gasteiger partial charge in [0.1, 0.15) is 0 Å². The predicted octanol–water partition coefficient (Wildman–Crippen LogP) is 5.31. The summed E-state index contributed by atoms with van der Waals surface area (Å²) >= 11 is 0. The first kappa shape index (κ1) is 17.8. The third-order valence-electron chi connectivity index (χ3n) is 4.46. The summed E-state index contributed by atoms with van der Waals surface area (Å²) in [5.74, 6) is 0.0306. The van der Waals surface area contributed by atoms with Gasteiger partial charge in [0.05, 0.1) is 5.56 Å². The molecule has 5 heteroatoms. The van der Waals surface area contributed by atoms with E-state index in [1.807, 2.05) is 25.2 Å². The van der Waals surface area contributed by atoms with E-state index in [0.717, 1.165) is 30.0 Å². The molecule has 0 saturated carbocycles. The first-order chi connectivity index (χ1) is 10.5. The third-order valence-corrected chi connectivity index (χ3v) is 4.46. The molecule has 0 radical (unpaired) electrons. The molecule has 2 aromatic rings. The molecular weight excluding hydrogens is 323 g/mol. The van der Waals surface area contributed by atoms with Crippen LogP contribution in [0.25, 0.3) is 0 Å². The van der Waals surface area contributed by atoms with Gasteiger partial charge in [-0.3, -0.25) is 0 Å². The molecule has 0 fully saturated rings. The highest BCUT2D eigenvalue weighted by Crippen LogP contribution is 2.42. The van der Waals surface area contributed by atoms with Crippen LogP contribution < -0.4 is 5.32 Å². The molecule has 0 aliphatic heterocycles. The summed E-state index contributed by atoms with van der Waals surface area (Å²) in [6.45, 7) is 0. The van der Waals surface area contributed by atoms with Crippen LogP contribution in [0.1, 0.15) is 47.1 Å². The maximum Gasteiger partial charge on any atom is 0.416 e. The van der Waals surface area contributed by atoms with Crippen molar-refractivity contribution in [1.29, 1.82) is 0 Å². The Morgan fingerprint density at radius 1 is 0.957 bits per heavy atom. The van der Waals surface area contributed by atoms with Gasteiger partial charge in [0.25, 0.3) is 0 Å². The molecule has 0 bridgehead atoms. The summed E-state index contributed by atoms with van der Waals surface area (Å²) in [4.78, 5) is 0. The second-order valence-corrected chi connectivity index (χ2v) is 5.72. The monoisotopic (exact) mass is 341 g/mol. The number of alkyl halides is 3. The van der Waals surface area contributed by atoms with Crippen molar-refractivity contribution in [3.8, 4) is 0 Å². The van der Waals surface area contributed by atoms with Crippen molar-refractivity contribution < 1.29 is 13.2 Å². The van der Waals surface area contributed by atoms with Crippen LogP contribution in [-0.4, -0.2) is 7.05 Å². The predicted molar refractivity (Wildman–Crippen MR) is 88.0 cm³/mol. The summed E-state index contributed by atoms with van der Waals surface area (Å²) in [7, 11) is 1.92. The molecule has 2 atom stereocenters. The maximum absolute atomic E-state index is 12.9. The molecule has 23 heavy (non-hydrogen) atoms. The van der Waals surface area contributed by atoms with Crippen molar-refractivity contribution in [2.45, 2.75) is 31.0 Å². The summed E-state index contributed by atoms with van der Waals surface area (Å²) in [6.07, 6.45) is -2.52. The van der Waals surface area contributed by atoms with Gasteiger partial charge in [-0.05, 0) is 42.6 Å². The molecule has 124 valence electrons. The van der Waals surface area contributed by atoms with Gasteiger partial charge in [0.15, 0.2) is 0 Å². The summed E-state index contributed by atoms with van der Waals surface area (Å²) < 4.78 is 38.8. The van der Waals surface area contributed by atoms with Gasteiger partial charge in [0, 0.05) is 12.0 Å². The van der Waals surface area contributed by atoms with E-state index >= 15 is 0 Å². The minimum atomic E-state index is -4.29. The highest BCUT2D eigenvalue weighted by Gasteiger charge is 2.32. The lowest BCUT2D eigenvalue weighted by Crippen LogP contribution is -2.24. The summed E-state index contributed by atoms with van der Waals surface area (Å²) in [6, 6.07) is 14.0. The third kappa shape index (κ3) is 3.54. The molecule has 0 aromatic heterocycles. The van der Waals surface area contributed by atoms with E-state index in [4.69, 9.17) is 0 Å². The van der Waals surface area contributed by atoms with Gasteiger partial charge in [-0.1, -0.05) is 42.5 Å². The first-order valence-corrected chi connectivity index (χ1v) is 7.44. The lowest BCUT2D eigenvalue weighted by Gasteiger charge is -2.32. The highest BCUT2D eigenvalue weighted by atomic mass is 35.5. The van der Waals surface area contributed by atoms with Crippen LogP contribution in [0.15, 0.2) is 48.5 Å². The maximum atomic E-state index is 12.9. The number of hydrogen-bond acceptors (Lipinski definition) is 1. The number of nitrogens with one attached hydrogen (secondary N) is 1. The normalized spacial score (nSPS) is 20.5. The standard InChI is InChI=1S/C18H18F3N.ClH/c1-22-17-10-9-14(15-7-2-3-8-16(15)17)12-5-4-6-13(11-12)18(19,20)21;/h2-8,11,14,17,22H,9-10H2,1H3;1H/t14-,17-;/m0./s1. The van der Waals surface area contributed by atoms with Gasteiger partial charge in [-0.2, -0.15) is 13.2 Å². The Bertz CT molecular complexity index is 669. The quantitative estimate of drug-likeness (QED) is 0.780. The fourth-order valence-corrected chi connectivity index (χ4v) is 3.37. The number of halogens is 4. The van der Waals surface area contributed by atoms with Crippen molar-refractivity contribution in [3.05, 3.63) is 70.8 Å². The number of benzene rings is 2. The molecule has 0 heterocycles. The van der Waals surface area contributed by atoms with Crippen LogP contribution in [0.4, 0.5) is 13.2 Å². The molecule has 1 nitrogen and oxygen atoms in total. The van der Waals surface area contributed by atoms with Crippen molar-refractivity contribution in [2.24, 2.45) is 0 Å². The summed E-state index contributed by atoms with van der Waals surface area (Å²) in [5.41, 5.74) is 2.50. The Kier molecular flexibility index (Phi) is 5.37. The molecule has 2 aromatic carbocycles. The smallest absolute Gasteiger partial charge is 0.313 e. The first-order valence-electron chi connectivity index (χ1n) is 7.44. The van der Waals surface area contributed by atoms with Gasteiger partial charge >= 0.3 is 6.18 Å². The van der Waals surface area contributed by atoms with Gasteiger partial charge in [0.2, 0.25) is 0 Å². The SMILES string of the molecule is CN[C@H]1CC[C@@H](c2cccc(C(F)(F)F)c2)c2ccccc21.Cl. The lowest BCUT2D eigenvalue weighted by molar-refractivity contribution is -0.137. The van der Waals surface area contributed by atoms with Crippen molar-refractivity contribution in [1.82, 2.24) is 5.32 Å². The average molecular weight is 342 g/mol. The van der Waals surface area contributed by atoms with Crippen molar-refractivity contribution >= 4 is 12.4 Å². The van der Waals surface area contributed by atoms with E-state index in [9.17, 15) is 13.2 Å². The minimum Gasteiger partial charge on any atom is -0.313 e. The molecule has 0 amide bonds. The Hall–Kier alpha value is -1.52. The van der Waals surface area contributed by atoms with Crippen LogP contribution in [-0.2, 0) is 6.18 Å². The topological polar surface area (TPSA) is 12.0 Å². The number of hydrogen-bond donors (Lipinski definition) is 1. The second-order valence-electron chi connectivity index (χ2n) is 5.72. The number of fused-ring (bicyclic) bond motifs is 1. The molecule has 0 unspecified atom stereocenters. The Morgan fingerprint density at radius 2 is 1.65 bits per heavy atom. The van der Waals surface area contributed by atoms with E-state index in [1.54, 1.807) is 6.07 Å². The Labute approximate surface area is 140 Å². The zero-order chi connectivity index (χ0) is 15.7. The van der Waals surface area contributed by atoms with Crippen LogP contribution in [0.5, 0.6) is 0 Å². The van der Waals surface area contributed by atoms with Crippen molar-refractivity contribution in [3.63, 3.8) is 0 Å². The van der Waals surface area contributed by atoms with E-state index in [1.165, 1.54) is 17.7 Å².